The molecule has 2 aliphatic rings. The van der Waals surface area contributed by atoms with Gasteiger partial charge in [-0.05, 0) is 51.2 Å². The van der Waals surface area contributed by atoms with Crippen LogP contribution in [0.1, 0.15) is 61.7 Å². The van der Waals surface area contributed by atoms with Gasteiger partial charge in [-0.1, -0.05) is 23.7 Å². The molecule has 1 saturated carbocycles. The molecule has 1 aliphatic heterocycles. The standard InChI is InChI=1S/C26H32ClN5O5S/c1-16-7-5-8-19(35-3)22(16)32-21(30-31-25(32)26-10-6-9-20(26)37-12-11-26)15-38(33,34)17(2)23(36-4)24-28-13-18(27)14-29-24/h5,7-8,13-14,17,20,23H,6,9-12,15H2,1-4H3/t17-,20-,23-,26+/m0/s1. The maximum Gasteiger partial charge on any atom is 0.163 e. The fourth-order valence-electron chi connectivity index (χ4n) is 5.85. The molecule has 3 heterocycles. The Balaban J connectivity index is 1.60. The van der Waals surface area contributed by atoms with E-state index in [1.807, 2.05) is 29.7 Å². The molecule has 38 heavy (non-hydrogen) atoms. The summed E-state index contributed by atoms with van der Waals surface area (Å²) in [5.41, 5.74) is 1.34. The van der Waals surface area contributed by atoms with Crippen LogP contribution >= 0.6 is 11.6 Å². The molecule has 5 rings (SSSR count). The highest BCUT2D eigenvalue weighted by molar-refractivity contribution is 7.91. The van der Waals surface area contributed by atoms with Crippen molar-refractivity contribution in [3.05, 3.63) is 58.7 Å². The van der Waals surface area contributed by atoms with E-state index in [2.05, 4.69) is 20.2 Å². The second-order valence-electron chi connectivity index (χ2n) is 9.99. The third-order valence-corrected chi connectivity index (χ3v) is 10.1. The predicted molar refractivity (Wildman–Crippen MR) is 141 cm³/mol. The van der Waals surface area contributed by atoms with Gasteiger partial charge in [0.2, 0.25) is 0 Å². The average Bonchev–Trinajstić information content (AvgIpc) is 3.60. The lowest BCUT2D eigenvalue weighted by molar-refractivity contribution is 0.0910. The molecule has 1 aliphatic carbocycles. The number of hydrogen-bond donors (Lipinski definition) is 0. The van der Waals surface area contributed by atoms with Crippen molar-refractivity contribution in [1.82, 2.24) is 24.7 Å². The minimum atomic E-state index is -3.81. The number of ether oxygens (including phenoxy) is 3. The summed E-state index contributed by atoms with van der Waals surface area (Å²) in [6.45, 7) is 4.20. The summed E-state index contributed by atoms with van der Waals surface area (Å²) in [5.74, 6) is 1.55. The van der Waals surface area contributed by atoms with Crippen LogP contribution in [0.5, 0.6) is 5.75 Å². The number of rotatable bonds is 9. The SMILES string of the molecule is COc1cccc(C)c1-n1c(CS(=O)(=O)[C@@H](C)[C@H](OC)c2ncc(Cl)cn2)nnc1[C@@]12CCC[C@@H]1OCC2. The van der Waals surface area contributed by atoms with Gasteiger partial charge in [-0.3, -0.25) is 4.57 Å². The molecule has 1 aromatic carbocycles. The lowest BCUT2D eigenvalue weighted by atomic mass is 9.81. The number of halogens is 1. The van der Waals surface area contributed by atoms with Crippen LogP contribution in [0.3, 0.4) is 0 Å². The molecule has 2 aromatic heterocycles. The van der Waals surface area contributed by atoms with Crippen molar-refractivity contribution in [3.8, 4) is 11.4 Å². The molecule has 1 saturated heterocycles. The maximum atomic E-state index is 13.8. The third-order valence-electron chi connectivity index (χ3n) is 7.86. The Hall–Kier alpha value is -2.60. The van der Waals surface area contributed by atoms with Crippen molar-refractivity contribution in [2.45, 2.75) is 68.2 Å². The van der Waals surface area contributed by atoms with E-state index in [1.165, 1.54) is 19.5 Å². The molecular weight excluding hydrogens is 530 g/mol. The summed E-state index contributed by atoms with van der Waals surface area (Å²) in [6.07, 6.45) is 5.67. The number of benzene rings is 1. The summed E-state index contributed by atoms with van der Waals surface area (Å²) < 4.78 is 46.9. The van der Waals surface area contributed by atoms with Crippen LogP contribution in [0.15, 0.2) is 30.6 Å². The van der Waals surface area contributed by atoms with Gasteiger partial charge < -0.3 is 14.2 Å². The van der Waals surface area contributed by atoms with Gasteiger partial charge in [-0.15, -0.1) is 10.2 Å². The van der Waals surface area contributed by atoms with Crippen molar-refractivity contribution >= 4 is 21.4 Å². The van der Waals surface area contributed by atoms with E-state index in [0.717, 1.165) is 42.8 Å². The van der Waals surface area contributed by atoms with Crippen molar-refractivity contribution in [3.63, 3.8) is 0 Å². The number of hydrogen-bond acceptors (Lipinski definition) is 9. The van der Waals surface area contributed by atoms with E-state index in [1.54, 1.807) is 14.0 Å². The number of methoxy groups -OCH3 is 2. The normalized spacial score (nSPS) is 22.8. The van der Waals surface area contributed by atoms with E-state index in [9.17, 15) is 8.42 Å². The Morgan fingerprint density at radius 1 is 1.21 bits per heavy atom. The van der Waals surface area contributed by atoms with E-state index in [-0.39, 0.29) is 23.1 Å². The van der Waals surface area contributed by atoms with Gasteiger partial charge in [0.15, 0.2) is 21.5 Å². The van der Waals surface area contributed by atoms with Crippen LogP contribution in [-0.2, 0) is 30.5 Å². The Kier molecular flexibility index (Phi) is 7.47. The first-order valence-electron chi connectivity index (χ1n) is 12.6. The van der Waals surface area contributed by atoms with Crippen LogP contribution in [0.25, 0.3) is 5.69 Å². The minimum Gasteiger partial charge on any atom is -0.495 e. The quantitative estimate of drug-likeness (QED) is 0.383. The average molecular weight is 562 g/mol. The highest BCUT2D eigenvalue weighted by atomic mass is 35.5. The second-order valence-corrected chi connectivity index (χ2v) is 12.8. The lowest BCUT2D eigenvalue weighted by Crippen LogP contribution is -2.34. The molecule has 0 bridgehead atoms. The summed E-state index contributed by atoms with van der Waals surface area (Å²) in [6, 6.07) is 5.74. The van der Waals surface area contributed by atoms with E-state index < -0.39 is 21.2 Å². The molecule has 0 N–H and O–H groups in total. The molecule has 4 atom stereocenters. The zero-order valence-electron chi connectivity index (χ0n) is 21.9. The summed E-state index contributed by atoms with van der Waals surface area (Å²) in [5, 5.41) is 8.51. The largest absolute Gasteiger partial charge is 0.495 e. The van der Waals surface area contributed by atoms with E-state index in [0.29, 0.717) is 23.2 Å². The fourth-order valence-corrected chi connectivity index (χ4v) is 7.36. The number of fused-ring (bicyclic) bond motifs is 1. The Morgan fingerprint density at radius 3 is 2.68 bits per heavy atom. The maximum absolute atomic E-state index is 13.8. The van der Waals surface area contributed by atoms with Crippen molar-refractivity contribution < 1.29 is 22.6 Å². The van der Waals surface area contributed by atoms with Gasteiger partial charge in [0.05, 0.1) is 34.6 Å². The van der Waals surface area contributed by atoms with Crippen molar-refractivity contribution in [1.29, 1.82) is 0 Å². The minimum absolute atomic E-state index is 0.0313. The number of sulfone groups is 1. The number of aromatic nitrogens is 5. The summed E-state index contributed by atoms with van der Waals surface area (Å²) >= 11 is 5.92. The topological polar surface area (TPSA) is 118 Å². The molecule has 2 fully saturated rings. The Bertz CT molecular complexity index is 1400. The van der Waals surface area contributed by atoms with Gasteiger partial charge in [0.25, 0.3) is 0 Å². The first-order valence-corrected chi connectivity index (χ1v) is 14.7. The molecule has 0 radical (unpaired) electrons. The van der Waals surface area contributed by atoms with Crippen molar-refractivity contribution in [2.24, 2.45) is 0 Å². The van der Waals surface area contributed by atoms with Crippen LogP contribution in [0, 0.1) is 6.92 Å². The molecule has 0 amide bonds. The predicted octanol–water partition coefficient (Wildman–Crippen LogP) is 3.93. The monoisotopic (exact) mass is 561 g/mol. The van der Waals surface area contributed by atoms with Gasteiger partial charge in [0, 0.05) is 26.1 Å². The molecule has 3 aromatic rings. The molecule has 0 unspecified atom stereocenters. The van der Waals surface area contributed by atoms with Gasteiger partial charge in [-0.2, -0.15) is 0 Å². The van der Waals surface area contributed by atoms with E-state index in [4.69, 9.17) is 25.8 Å². The van der Waals surface area contributed by atoms with Gasteiger partial charge in [-0.25, -0.2) is 18.4 Å². The first kappa shape index (κ1) is 27.0. The van der Waals surface area contributed by atoms with Gasteiger partial charge >= 0.3 is 0 Å². The van der Waals surface area contributed by atoms with Crippen LogP contribution in [-0.4, -0.2) is 65.3 Å². The Morgan fingerprint density at radius 2 is 1.97 bits per heavy atom. The number of aryl methyl sites for hydroxylation is 1. The summed E-state index contributed by atoms with van der Waals surface area (Å²) in [4.78, 5) is 8.37. The smallest absolute Gasteiger partial charge is 0.163 e. The van der Waals surface area contributed by atoms with Crippen LogP contribution in [0.4, 0.5) is 0 Å². The lowest BCUT2D eigenvalue weighted by Gasteiger charge is -2.28. The highest BCUT2D eigenvalue weighted by Gasteiger charge is 2.52. The molecule has 204 valence electrons. The Labute approximate surface area is 227 Å². The first-order chi connectivity index (χ1) is 18.2. The van der Waals surface area contributed by atoms with Gasteiger partial charge in [0.1, 0.15) is 23.4 Å². The third kappa shape index (κ3) is 4.59. The number of nitrogens with zero attached hydrogens (tertiary/aromatic N) is 5. The van der Waals surface area contributed by atoms with E-state index >= 15 is 0 Å². The second kappa shape index (κ2) is 10.5. The van der Waals surface area contributed by atoms with Crippen LogP contribution < -0.4 is 4.74 Å². The molecule has 12 heteroatoms. The molecule has 0 spiro atoms. The highest BCUT2D eigenvalue weighted by Crippen LogP contribution is 2.50. The zero-order chi connectivity index (χ0) is 27.1. The molecule has 10 nitrogen and oxygen atoms in total. The fraction of sp³-hybridized carbons (Fsp3) is 0.538. The molecular formula is C26H32ClN5O5S. The summed E-state index contributed by atoms with van der Waals surface area (Å²) in [7, 11) is -0.774. The zero-order valence-corrected chi connectivity index (χ0v) is 23.5. The number of para-hydroxylation sites is 1. The van der Waals surface area contributed by atoms with Crippen molar-refractivity contribution in [2.75, 3.05) is 20.8 Å². The van der Waals surface area contributed by atoms with Crippen LogP contribution in [0.2, 0.25) is 5.02 Å².